The second-order valence-electron chi connectivity index (χ2n) is 23.0. The van der Waals surface area contributed by atoms with Crippen LogP contribution in [0.5, 0.6) is 0 Å². The van der Waals surface area contributed by atoms with E-state index in [0.717, 1.165) is 113 Å². The fourth-order valence-electron chi connectivity index (χ4n) is 9.64. The predicted molar refractivity (Wildman–Crippen MR) is 391 cm³/mol. The van der Waals surface area contributed by atoms with Crippen molar-refractivity contribution < 1.29 is 19.2 Å². The number of carbonyl (C=O) groups excluding carboxylic acids is 4. The van der Waals surface area contributed by atoms with E-state index in [9.17, 15) is 19.2 Å². The molecule has 0 radical (unpaired) electrons. The number of allylic oxidation sites excluding steroid dienone is 3. The molecular weight excluding hydrogens is 1240 g/mol. The summed E-state index contributed by atoms with van der Waals surface area (Å²) in [5.74, 6) is -0.690. The van der Waals surface area contributed by atoms with Crippen LogP contribution in [-0.4, -0.2) is 47.9 Å². The van der Waals surface area contributed by atoms with Gasteiger partial charge in [0, 0.05) is 67.2 Å². The Kier molecular flexibility index (Phi) is 24.5. The zero-order valence-corrected chi connectivity index (χ0v) is 56.7. The maximum atomic E-state index is 12.3. The molecule has 1 aliphatic rings. The number of nitrogens with one attached hydrogen (secondary N) is 4. The third-order valence-electron chi connectivity index (χ3n) is 15.5. The third kappa shape index (κ3) is 20.3. The van der Waals surface area contributed by atoms with Gasteiger partial charge in [-0.05, 0) is 222 Å². The van der Waals surface area contributed by atoms with Gasteiger partial charge in [-0.25, -0.2) is 4.98 Å². The van der Waals surface area contributed by atoms with E-state index in [0.29, 0.717) is 23.5 Å². The second-order valence-corrected chi connectivity index (χ2v) is 23.0. The molecule has 12 rings (SSSR count). The SMILES string of the molecule is Cc1ccccc1N=Nc1ccc(NC(=O)C2=CC=CC2)c(C)c1.Cc1ccccc1N=Nc1ccc(NC(=O)c2cccn2C)c(C)c1.Cc1ccccc1N=Nc1ccc(NC(=O)c2ccnn2C)c(C)c1.Cc1ccccc1N=Nc1ccc(NC(=O)c2cnccn2)c(C)c1. The van der Waals surface area contributed by atoms with Crippen molar-refractivity contribution in [3.05, 3.63) is 304 Å². The first kappa shape index (κ1) is 70.4. The highest BCUT2D eigenvalue weighted by Crippen LogP contribution is 2.31. The number of azo groups is 4. The Bertz CT molecular complexity index is 4730. The number of anilines is 4. The topological polar surface area (TPSA) is 264 Å². The van der Waals surface area contributed by atoms with Crippen LogP contribution < -0.4 is 21.3 Å². The van der Waals surface area contributed by atoms with Gasteiger partial charge in [0.2, 0.25) is 0 Å². The van der Waals surface area contributed by atoms with Crippen LogP contribution in [0.1, 0.15) is 82.4 Å². The summed E-state index contributed by atoms with van der Waals surface area (Å²) in [7, 11) is 3.58. The Hall–Kier alpha value is -12.9. The average Bonchev–Trinajstić information content (AvgIpc) is 1.93. The number of rotatable bonds is 16. The van der Waals surface area contributed by atoms with Gasteiger partial charge in [-0.1, -0.05) is 91.0 Å². The molecule has 3 heterocycles. The molecule has 4 N–H and O–H groups in total. The quantitative estimate of drug-likeness (QED) is 0.0679. The summed E-state index contributed by atoms with van der Waals surface area (Å²) in [5, 5.41) is 49.9. The summed E-state index contributed by atoms with van der Waals surface area (Å²) >= 11 is 0. The van der Waals surface area contributed by atoms with Crippen molar-refractivity contribution in [1.29, 1.82) is 0 Å². The van der Waals surface area contributed by atoms with Gasteiger partial charge in [0.15, 0.2) is 0 Å². The molecule has 1 aliphatic carbocycles. The number of benzene rings is 8. The first-order valence-electron chi connectivity index (χ1n) is 31.6. The van der Waals surface area contributed by atoms with Crippen molar-refractivity contribution in [2.45, 2.75) is 61.8 Å². The lowest BCUT2D eigenvalue weighted by Crippen LogP contribution is -2.16. The number of hydrogen-bond donors (Lipinski definition) is 4. The van der Waals surface area contributed by atoms with Gasteiger partial charge in [-0.2, -0.15) is 46.0 Å². The van der Waals surface area contributed by atoms with Gasteiger partial charge in [-0.3, -0.25) is 28.8 Å². The smallest absolute Gasteiger partial charge is 0.275 e. The fourth-order valence-corrected chi connectivity index (χ4v) is 9.64. The standard InChI is InChI=1S/C20H20N4O.C20H19N3O.C19H19N5O.C19H17N5O/c1-14-7-4-5-8-18(14)23-22-16-10-11-17(15(2)13-16)21-20(25)19-9-6-12-24(19)3;1-14-7-3-6-10-19(14)23-22-17-11-12-18(15(2)13-17)21-20(24)16-8-4-5-9-16;1-13-6-4-5-7-17(13)23-22-15-8-9-16(14(2)12-15)21-19(25)18-10-11-20-24(18)3;1-13-5-3-4-6-17(13)24-23-15-7-8-16(14(2)11-15)22-19(25)18-12-20-9-10-21-18/h4-13H,1-3H3,(H,21,25);3-8,10-13H,9H2,1-2H3,(H,21,24);4-12H,1-3H3,(H,21,25);3-12H,1-2H3,(H,22,25). The molecule has 496 valence electrons. The summed E-state index contributed by atoms with van der Waals surface area (Å²) < 4.78 is 3.32. The summed E-state index contributed by atoms with van der Waals surface area (Å²) in [6.45, 7) is 15.7. The lowest BCUT2D eigenvalue weighted by Gasteiger charge is -2.09. The molecule has 0 unspecified atom stereocenters. The Morgan fingerprint density at radius 3 is 1.09 bits per heavy atom. The minimum absolute atomic E-state index is 0.0580. The highest BCUT2D eigenvalue weighted by molar-refractivity contribution is 6.06. The molecule has 11 aromatic rings. The Morgan fingerprint density at radius 1 is 0.384 bits per heavy atom. The van der Waals surface area contributed by atoms with Crippen molar-refractivity contribution >= 4 is 91.9 Å². The van der Waals surface area contributed by atoms with Crippen LogP contribution in [0.3, 0.4) is 0 Å². The Labute approximate surface area is 575 Å². The number of aromatic nitrogens is 5. The number of nitrogens with zero attached hydrogens (tertiary/aromatic N) is 13. The number of hydrogen-bond acceptors (Lipinski definition) is 15. The molecule has 0 atom stereocenters. The van der Waals surface area contributed by atoms with E-state index in [-0.39, 0.29) is 29.3 Å². The van der Waals surface area contributed by atoms with Crippen molar-refractivity contribution in [3.8, 4) is 0 Å². The van der Waals surface area contributed by atoms with Gasteiger partial charge in [0.1, 0.15) is 17.1 Å². The van der Waals surface area contributed by atoms with Crippen LogP contribution in [-0.2, 0) is 18.9 Å². The lowest BCUT2D eigenvalue weighted by atomic mass is 10.1. The molecule has 0 saturated carbocycles. The van der Waals surface area contributed by atoms with Crippen molar-refractivity contribution in [2.24, 2.45) is 55.0 Å². The van der Waals surface area contributed by atoms with Crippen LogP contribution in [0, 0.1) is 55.4 Å². The minimum Gasteiger partial charge on any atom is -0.347 e. The highest BCUT2D eigenvalue weighted by atomic mass is 16.2. The van der Waals surface area contributed by atoms with E-state index in [1.54, 1.807) is 42.1 Å². The van der Waals surface area contributed by atoms with Crippen LogP contribution in [0.2, 0.25) is 0 Å². The fraction of sp³-hybridized carbons (Fsp3) is 0.141. The normalized spacial score (nSPS) is 11.5. The third-order valence-corrected chi connectivity index (χ3v) is 15.5. The van der Waals surface area contributed by atoms with E-state index in [2.05, 4.69) is 77.2 Å². The molecule has 0 saturated heterocycles. The van der Waals surface area contributed by atoms with Crippen LogP contribution in [0.15, 0.2) is 284 Å². The Balaban J connectivity index is 0.000000154. The van der Waals surface area contributed by atoms with Crippen LogP contribution >= 0.6 is 0 Å². The molecule has 21 nitrogen and oxygen atoms in total. The molecule has 3 aromatic heterocycles. The van der Waals surface area contributed by atoms with Crippen LogP contribution in [0.4, 0.5) is 68.2 Å². The van der Waals surface area contributed by atoms with Gasteiger partial charge >= 0.3 is 0 Å². The van der Waals surface area contributed by atoms with Gasteiger partial charge in [0.25, 0.3) is 23.6 Å². The lowest BCUT2D eigenvalue weighted by molar-refractivity contribution is -0.112. The Morgan fingerprint density at radius 2 is 0.768 bits per heavy atom. The summed E-state index contributed by atoms with van der Waals surface area (Å²) in [5.41, 5.74) is 19.5. The number of aryl methyl sites for hydroxylation is 10. The molecule has 21 heteroatoms. The van der Waals surface area contributed by atoms with Crippen molar-refractivity contribution in [1.82, 2.24) is 24.3 Å². The van der Waals surface area contributed by atoms with Crippen molar-refractivity contribution in [3.63, 3.8) is 0 Å². The molecule has 8 aromatic carbocycles. The molecule has 99 heavy (non-hydrogen) atoms. The van der Waals surface area contributed by atoms with E-state index in [1.807, 2.05) is 251 Å². The molecule has 0 aliphatic heterocycles. The summed E-state index contributed by atoms with van der Waals surface area (Å²) in [6.07, 6.45) is 14.3. The first-order valence-corrected chi connectivity index (χ1v) is 31.6. The summed E-state index contributed by atoms with van der Waals surface area (Å²) in [4.78, 5) is 56.7. The number of amides is 4. The zero-order valence-electron chi connectivity index (χ0n) is 56.7. The highest BCUT2D eigenvalue weighted by Gasteiger charge is 2.15. The average molecular weight is 1310 g/mol. The predicted octanol–water partition coefficient (Wildman–Crippen LogP) is 20.3. The van der Waals surface area contributed by atoms with Crippen molar-refractivity contribution in [2.75, 3.05) is 21.3 Å². The first-order chi connectivity index (χ1) is 47.8. The van der Waals surface area contributed by atoms with Gasteiger partial charge in [-0.15, -0.1) is 0 Å². The van der Waals surface area contributed by atoms with E-state index < -0.39 is 0 Å². The second kappa shape index (κ2) is 34.5. The molecule has 0 spiro atoms. The van der Waals surface area contributed by atoms with E-state index in [4.69, 9.17) is 0 Å². The number of carbonyl (C=O) groups is 4. The minimum atomic E-state index is -0.300. The zero-order chi connectivity index (χ0) is 70.2. The molecular formula is C78H75N17O4. The largest absolute Gasteiger partial charge is 0.347 e. The molecule has 0 bridgehead atoms. The summed E-state index contributed by atoms with van der Waals surface area (Å²) in [6, 6.07) is 58.9. The maximum Gasteiger partial charge on any atom is 0.275 e. The maximum absolute atomic E-state index is 12.3. The van der Waals surface area contributed by atoms with E-state index in [1.165, 1.54) is 23.3 Å². The van der Waals surface area contributed by atoms with Gasteiger partial charge in [0.05, 0.1) is 51.7 Å². The molecule has 0 fully saturated rings. The van der Waals surface area contributed by atoms with E-state index >= 15 is 0 Å². The monoisotopic (exact) mass is 1310 g/mol. The van der Waals surface area contributed by atoms with Crippen LogP contribution in [0.25, 0.3) is 0 Å². The van der Waals surface area contributed by atoms with Gasteiger partial charge < -0.3 is 25.8 Å². The molecule has 4 amide bonds.